The summed E-state index contributed by atoms with van der Waals surface area (Å²) < 4.78 is 34.8. The van der Waals surface area contributed by atoms with Crippen molar-refractivity contribution in [2.45, 2.75) is 6.30 Å². The molecule has 0 saturated carbocycles. The maximum absolute atomic E-state index is 11.6. The molecule has 0 aromatic carbocycles. The third kappa shape index (κ3) is 3.06. The standard InChI is InChI=1S/C6H4F3N3O/c7-6(8,9)12-5(13)4-3-10-1-2-11-4/h1-3H,(H,12,13). The summed E-state index contributed by atoms with van der Waals surface area (Å²) in [5.74, 6) is -1.32. The number of alkyl halides is 3. The second kappa shape index (κ2) is 3.38. The van der Waals surface area contributed by atoms with Crippen molar-refractivity contribution in [2.24, 2.45) is 0 Å². The van der Waals surface area contributed by atoms with E-state index in [0.717, 1.165) is 17.7 Å². The minimum Gasteiger partial charge on any atom is -0.267 e. The Balaban J connectivity index is 2.71. The summed E-state index contributed by atoms with van der Waals surface area (Å²) in [5.41, 5.74) is -0.375. The van der Waals surface area contributed by atoms with Crippen molar-refractivity contribution < 1.29 is 18.0 Å². The molecule has 0 fully saturated rings. The van der Waals surface area contributed by atoms with E-state index in [1.165, 1.54) is 6.20 Å². The Kier molecular flexibility index (Phi) is 2.45. The maximum atomic E-state index is 11.6. The monoisotopic (exact) mass is 191 g/mol. The predicted octanol–water partition coefficient (Wildman–Crippen LogP) is 0.726. The summed E-state index contributed by atoms with van der Waals surface area (Å²) in [7, 11) is 0. The number of carbonyl (C=O) groups is 1. The minimum absolute atomic E-state index is 0.375. The largest absolute Gasteiger partial charge is 0.484 e. The van der Waals surface area contributed by atoms with Gasteiger partial charge in [0, 0.05) is 12.4 Å². The molecule has 1 amide bonds. The molecule has 0 unspecified atom stereocenters. The van der Waals surface area contributed by atoms with Gasteiger partial charge < -0.3 is 0 Å². The van der Waals surface area contributed by atoms with Crippen LogP contribution in [0.3, 0.4) is 0 Å². The van der Waals surface area contributed by atoms with Crippen LogP contribution < -0.4 is 5.32 Å². The minimum atomic E-state index is -4.74. The summed E-state index contributed by atoms with van der Waals surface area (Å²) in [6.07, 6.45) is -1.41. The number of carbonyl (C=O) groups excluding carboxylic acids is 1. The average molecular weight is 191 g/mol. The van der Waals surface area contributed by atoms with E-state index in [9.17, 15) is 18.0 Å². The van der Waals surface area contributed by atoms with E-state index >= 15 is 0 Å². The smallest absolute Gasteiger partial charge is 0.267 e. The first kappa shape index (κ1) is 9.43. The van der Waals surface area contributed by atoms with Crippen molar-refractivity contribution in [1.82, 2.24) is 15.3 Å². The predicted molar refractivity (Wildman–Crippen MR) is 35.6 cm³/mol. The third-order valence-corrected chi connectivity index (χ3v) is 1.05. The van der Waals surface area contributed by atoms with Gasteiger partial charge in [-0.15, -0.1) is 0 Å². The van der Waals surface area contributed by atoms with Gasteiger partial charge in [-0.05, 0) is 0 Å². The summed E-state index contributed by atoms with van der Waals surface area (Å²) in [6, 6.07) is 0. The van der Waals surface area contributed by atoms with Gasteiger partial charge in [0.05, 0.1) is 6.20 Å². The van der Waals surface area contributed by atoms with Crippen LogP contribution in [-0.4, -0.2) is 22.2 Å². The lowest BCUT2D eigenvalue weighted by Crippen LogP contribution is -2.37. The molecule has 13 heavy (non-hydrogen) atoms. The second-order valence-electron chi connectivity index (χ2n) is 2.04. The van der Waals surface area contributed by atoms with Crippen molar-refractivity contribution in [1.29, 1.82) is 0 Å². The molecule has 0 aliphatic heterocycles. The van der Waals surface area contributed by atoms with Crippen molar-refractivity contribution in [3.05, 3.63) is 24.3 Å². The molecular weight excluding hydrogens is 187 g/mol. The van der Waals surface area contributed by atoms with Crippen LogP contribution in [0.2, 0.25) is 0 Å². The average Bonchev–Trinajstić information content (AvgIpc) is 2.03. The van der Waals surface area contributed by atoms with Crippen LogP contribution in [-0.2, 0) is 0 Å². The van der Waals surface area contributed by atoms with Gasteiger partial charge in [-0.25, -0.2) is 4.98 Å². The van der Waals surface area contributed by atoms with Gasteiger partial charge in [0.15, 0.2) is 0 Å². The Morgan fingerprint density at radius 3 is 2.54 bits per heavy atom. The summed E-state index contributed by atoms with van der Waals surface area (Å²) >= 11 is 0. The molecular formula is C6H4F3N3O. The molecule has 0 spiro atoms. The molecule has 0 atom stereocenters. The molecule has 1 aromatic rings. The number of amides is 1. The summed E-state index contributed by atoms with van der Waals surface area (Å²) in [6.45, 7) is 0. The van der Waals surface area contributed by atoms with Gasteiger partial charge >= 0.3 is 6.30 Å². The SMILES string of the molecule is O=C(NC(F)(F)F)c1cnccn1. The molecule has 70 valence electrons. The van der Waals surface area contributed by atoms with Crippen LogP contribution in [0.15, 0.2) is 18.6 Å². The second-order valence-corrected chi connectivity index (χ2v) is 2.04. The molecule has 1 heterocycles. The van der Waals surface area contributed by atoms with Gasteiger partial charge in [-0.2, -0.15) is 13.2 Å². The molecule has 1 N–H and O–H groups in total. The van der Waals surface area contributed by atoms with E-state index < -0.39 is 12.2 Å². The lowest BCUT2D eigenvalue weighted by Gasteiger charge is -2.06. The van der Waals surface area contributed by atoms with Crippen molar-refractivity contribution in [3.8, 4) is 0 Å². The van der Waals surface area contributed by atoms with Crippen LogP contribution in [0, 0.1) is 0 Å². The van der Waals surface area contributed by atoms with Gasteiger partial charge in [0.2, 0.25) is 0 Å². The Hall–Kier alpha value is -1.66. The quantitative estimate of drug-likeness (QED) is 0.665. The molecule has 1 rings (SSSR count). The Labute approximate surface area is 70.8 Å². The van der Waals surface area contributed by atoms with E-state index in [-0.39, 0.29) is 5.69 Å². The van der Waals surface area contributed by atoms with Crippen LogP contribution in [0.5, 0.6) is 0 Å². The highest BCUT2D eigenvalue weighted by Gasteiger charge is 2.30. The van der Waals surface area contributed by atoms with E-state index in [0.29, 0.717) is 0 Å². The summed E-state index contributed by atoms with van der Waals surface area (Å²) in [4.78, 5) is 17.6. The van der Waals surface area contributed by atoms with Crippen molar-refractivity contribution >= 4 is 5.91 Å². The topological polar surface area (TPSA) is 54.9 Å². The van der Waals surface area contributed by atoms with Gasteiger partial charge in [0.1, 0.15) is 5.69 Å². The number of halogens is 3. The first-order chi connectivity index (χ1) is 5.99. The Morgan fingerprint density at radius 2 is 2.08 bits per heavy atom. The van der Waals surface area contributed by atoms with E-state index in [1.54, 1.807) is 0 Å². The molecule has 0 aliphatic carbocycles. The third-order valence-electron chi connectivity index (χ3n) is 1.05. The number of hydrogen-bond donors (Lipinski definition) is 1. The van der Waals surface area contributed by atoms with Gasteiger partial charge in [-0.3, -0.25) is 15.1 Å². The van der Waals surface area contributed by atoms with Crippen LogP contribution in [0.4, 0.5) is 13.2 Å². The number of aromatic nitrogens is 2. The molecule has 0 aliphatic rings. The molecule has 0 radical (unpaired) electrons. The zero-order chi connectivity index (χ0) is 9.90. The van der Waals surface area contributed by atoms with E-state index in [4.69, 9.17) is 0 Å². The first-order valence-corrected chi connectivity index (χ1v) is 3.14. The maximum Gasteiger partial charge on any atom is 0.484 e. The fourth-order valence-electron chi connectivity index (χ4n) is 0.609. The molecule has 7 heteroatoms. The zero-order valence-electron chi connectivity index (χ0n) is 6.17. The van der Waals surface area contributed by atoms with Gasteiger partial charge in [-0.1, -0.05) is 0 Å². The van der Waals surface area contributed by atoms with Crippen LogP contribution in [0.25, 0.3) is 0 Å². The molecule has 1 aromatic heterocycles. The zero-order valence-corrected chi connectivity index (χ0v) is 6.17. The highest BCUT2D eigenvalue weighted by Crippen LogP contribution is 2.10. The summed E-state index contributed by atoms with van der Waals surface area (Å²) in [5, 5.41) is 0.794. The number of nitrogens with one attached hydrogen (secondary N) is 1. The van der Waals surface area contributed by atoms with Crippen molar-refractivity contribution in [3.63, 3.8) is 0 Å². The van der Waals surface area contributed by atoms with Crippen LogP contribution in [0.1, 0.15) is 10.5 Å². The normalized spacial score (nSPS) is 11.0. The lowest BCUT2D eigenvalue weighted by molar-refractivity contribution is -0.146. The number of rotatable bonds is 1. The lowest BCUT2D eigenvalue weighted by atomic mass is 10.4. The highest BCUT2D eigenvalue weighted by molar-refractivity contribution is 5.92. The van der Waals surface area contributed by atoms with Crippen molar-refractivity contribution in [2.75, 3.05) is 0 Å². The number of nitrogens with zero attached hydrogens (tertiary/aromatic N) is 2. The van der Waals surface area contributed by atoms with Crippen LogP contribution >= 0.6 is 0 Å². The Bertz CT molecular complexity index is 298. The van der Waals surface area contributed by atoms with E-state index in [1.807, 2.05) is 0 Å². The fourth-order valence-corrected chi connectivity index (χ4v) is 0.609. The molecule has 0 bridgehead atoms. The first-order valence-electron chi connectivity index (χ1n) is 3.14. The number of hydrogen-bond acceptors (Lipinski definition) is 3. The highest BCUT2D eigenvalue weighted by atomic mass is 19.4. The van der Waals surface area contributed by atoms with Gasteiger partial charge in [0.25, 0.3) is 5.91 Å². The molecule has 4 nitrogen and oxygen atoms in total. The fraction of sp³-hybridized carbons (Fsp3) is 0.167. The van der Waals surface area contributed by atoms with E-state index in [2.05, 4.69) is 9.97 Å². The molecule has 0 saturated heterocycles. The Morgan fingerprint density at radius 1 is 1.38 bits per heavy atom.